The lowest BCUT2D eigenvalue weighted by molar-refractivity contribution is -0.148. The molecule has 31 heavy (non-hydrogen) atoms. The van der Waals surface area contributed by atoms with Crippen molar-refractivity contribution in [2.45, 2.75) is 45.8 Å². The highest BCUT2D eigenvalue weighted by Gasteiger charge is 2.35. The first-order valence-electron chi connectivity index (χ1n) is 10.3. The van der Waals surface area contributed by atoms with Gasteiger partial charge >= 0.3 is 5.97 Å². The SMILES string of the molecule is CCOc1ccccc1N(CC)C(=O)C(C)(C)Oc1ccc(C[C@H](OC)C(=O)O)cc1. The van der Waals surface area contributed by atoms with Gasteiger partial charge in [0.15, 0.2) is 11.7 Å². The van der Waals surface area contributed by atoms with Gasteiger partial charge in [-0.3, -0.25) is 4.79 Å². The van der Waals surface area contributed by atoms with Crippen LogP contribution in [0.2, 0.25) is 0 Å². The molecule has 0 unspecified atom stereocenters. The zero-order chi connectivity index (χ0) is 23.0. The first kappa shape index (κ1) is 24.2. The van der Waals surface area contributed by atoms with E-state index in [1.54, 1.807) is 43.0 Å². The number of likely N-dealkylation sites (N-methyl/N-ethyl adjacent to an activating group) is 1. The Hall–Kier alpha value is -3.06. The normalized spacial score (nSPS) is 12.2. The van der Waals surface area contributed by atoms with Crippen LogP contribution in [0.3, 0.4) is 0 Å². The lowest BCUT2D eigenvalue weighted by atomic mass is 10.1. The fourth-order valence-electron chi connectivity index (χ4n) is 3.22. The molecule has 0 radical (unpaired) electrons. The zero-order valence-electron chi connectivity index (χ0n) is 18.8. The molecule has 0 aliphatic heterocycles. The maximum absolute atomic E-state index is 13.3. The van der Waals surface area contributed by atoms with Crippen LogP contribution in [0.15, 0.2) is 48.5 Å². The molecule has 0 aliphatic carbocycles. The van der Waals surface area contributed by atoms with Gasteiger partial charge in [-0.05, 0) is 57.5 Å². The molecule has 7 heteroatoms. The third-order valence-electron chi connectivity index (χ3n) is 4.81. The number of methoxy groups -OCH3 is 1. The summed E-state index contributed by atoms with van der Waals surface area (Å²) in [5, 5.41) is 9.12. The molecule has 1 atom stereocenters. The van der Waals surface area contributed by atoms with Crippen LogP contribution in [0, 0.1) is 0 Å². The lowest BCUT2D eigenvalue weighted by Crippen LogP contribution is -2.49. The van der Waals surface area contributed by atoms with Gasteiger partial charge in [-0.25, -0.2) is 4.79 Å². The number of aliphatic carboxylic acids is 1. The van der Waals surface area contributed by atoms with E-state index in [4.69, 9.17) is 19.3 Å². The highest BCUT2D eigenvalue weighted by atomic mass is 16.5. The number of carbonyl (C=O) groups excluding carboxylic acids is 1. The average Bonchev–Trinajstić information content (AvgIpc) is 2.74. The van der Waals surface area contributed by atoms with E-state index in [1.807, 2.05) is 38.1 Å². The van der Waals surface area contributed by atoms with Gasteiger partial charge in [-0.1, -0.05) is 24.3 Å². The molecule has 0 heterocycles. The third-order valence-corrected chi connectivity index (χ3v) is 4.81. The number of carbonyl (C=O) groups is 2. The van der Waals surface area contributed by atoms with Gasteiger partial charge in [0.25, 0.3) is 5.91 Å². The Kier molecular flexibility index (Phi) is 8.45. The van der Waals surface area contributed by atoms with Gasteiger partial charge in [0, 0.05) is 20.1 Å². The van der Waals surface area contributed by atoms with Crippen molar-refractivity contribution < 1.29 is 28.9 Å². The number of para-hydroxylation sites is 2. The number of anilines is 1. The Morgan fingerprint density at radius 3 is 2.26 bits per heavy atom. The van der Waals surface area contributed by atoms with Gasteiger partial charge in [0.1, 0.15) is 11.5 Å². The van der Waals surface area contributed by atoms with Crippen molar-refractivity contribution in [1.29, 1.82) is 0 Å². The Balaban J connectivity index is 2.17. The van der Waals surface area contributed by atoms with Crippen LogP contribution in [0.1, 0.15) is 33.3 Å². The monoisotopic (exact) mass is 429 g/mol. The van der Waals surface area contributed by atoms with E-state index in [9.17, 15) is 9.59 Å². The van der Waals surface area contributed by atoms with Crippen molar-refractivity contribution in [2.75, 3.05) is 25.2 Å². The van der Waals surface area contributed by atoms with Gasteiger partial charge in [-0.15, -0.1) is 0 Å². The van der Waals surface area contributed by atoms with Crippen molar-refractivity contribution in [3.05, 3.63) is 54.1 Å². The molecule has 7 nitrogen and oxygen atoms in total. The number of nitrogens with zero attached hydrogens (tertiary/aromatic N) is 1. The lowest BCUT2D eigenvalue weighted by Gasteiger charge is -2.32. The summed E-state index contributed by atoms with van der Waals surface area (Å²) in [6.45, 7) is 8.21. The minimum atomic E-state index is -1.13. The minimum Gasteiger partial charge on any atom is -0.492 e. The fourth-order valence-corrected chi connectivity index (χ4v) is 3.22. The standard InChI is InChI=1S/C24H31NO6/c1-6-25(19-10-8-9-11-20(19)30-7-2)23(28)24(3,4)31-18-14-12-17(13-15-18)16-21(29-5)22(26)27/h8-15,21H,6-7,16H2,1-5H3,(H,26,27)/t21-/m0/s1. The maximum Gasteiger partial charge on any atom is 0.333 e. The van der Waals surface area contributed by atoms with E-state index in [2.05, 4.69) is 0 Å². The summed E-state index contributed by atoms with van der Waals surface area (Å²) in [5.74, 6) is -0.0508. The van der Waals surface area contributed by atoms with Crippen molar-refractivity contribution in [2.24, 2.45) is 0 Å². The highest BCUT2D eigenvalue weighted by molar-refractivity contribution is 6.00. The van der Waals surface area contributed by atoms with Gasteiger partial charge < -0.3 is 24.2 Å². The average molecular weight is 430 g/mol. The van der Waals surface area contributed by atoms with Gasteiger partial charge in [0.2, 0.25) is 0 Å². The topological polar surface area (TPSA) is 85.3 Å². The number of hydrogen-bond donors (Lipinski definition) is 1. The number of carboxylic acid groups (broad SMARTS) is 1. The van der Waals surface area contributed by atoms with E-state index in [0.29, 0.717) is 30.3 Å². The number of amides is 1. The number of benzene rings is 2. The summed E-state index contributed by atoms with van der Waals surface area (Å²) >= 11 is 0. The number of rotatable bonds is 11. The Morgan fingerprint density at radius 2 is 1.71 bits per heavy atom. The minimum absolute atomic E-state index is 0.198. The number of ether oxygens (including phenoxy) is 3. The largest absolute Gasteiger partial charge is 0.492 e. The van der Waals surface area contributed by atoms with Crippen LogP contribution in [-0.2, 0) is 20.7 Å². The molecule has 168 valence electrons. The molecule has 0 spiro atoms. The van der Waals surface area contributed by atoms with Crippen molar-refractivity contribution in [1.82, 2.24) is 0 Å². The Morgan fingerprint density at radius 1 is 1.06 bits per heavy atom. The fraction of sp³-hybridized carbons (Fsp3) is 0.417. The Labute approximate surface area is 183 Å². The van der Waals surface area contributed by atoms with Crippen molar-refractivity contribution in [3.8, 4) is 11.5 Å². The van der Waals surface area contributed by atoms with Gasteiger partial charge in [-0.2, -0.15) is 0 Å². The smallest absolute Gasteiger partial charge is 0.333 e. The molecule has 1 amide bonds. The molecule has 2 rings (SSSR count). The predicted octanol–water partition coefficient (Wildman–Crippen LogP) is 3.94. The zero-order valence-corrected chi connectivity index (χ0v) is 18.8. The Bertz CT molecular complexity index is 878. The number of hydrogen-bond acceptors (Lipinski definition) is 5. The molecule has 2 aromatic rings. The molecule has 1 N–H and O–H groups in total. The number of carboxylic acids is 1. The van der Waals surface area contributed by atoms with E-state index in [0.717, 1.165) is 5.56 Å². The van der Waals surface area contributed by atoms with E-state index < -0.39 is 17.7 Å². The van der Waals surface area contributed by atoms with Crippen molar-refractivity contribution >= 4 is 17.6 Å². The molecule has 0 bridgehead atoms. The second-order valence-electron chi connectivity index (χ2n) is 7.47. The molecule has 0 saturated carbocycles. The highest BCUT2D eigenvalue weighted by Crippen LogP contribution is 2.31. The molecule has 0 fully saturated rings. The van der Waals surface area contributed by atoms with E-state index in [-0.39, 0.29) is 12.3 Å². The summed E-state index contributed by atoms with van der Waals surface area (Å²) in [7, 11) is 1.37. The van der Waals surface area contributed by atoms with E-state index in [1.165, 1.54) is 7.11 Å². The van der Waals surface area contributed by atoms with Gasteiger partial charge in [0.05, 0.1) is 12.3 Å². The first-order chi connectivity index (χ1) is 14.7. The molecule has 0 saturated heterocycles. The van der Waals surface area contributed by atoms with E-state index >= 15 is 0 Å². The summed E-state index contributed by atoms with van der Waals surface area (Å²) in [6.07, 6.45) is -0.667. The first-order valence-corrected chi connectivity index (χ1v) is 10.3. The summed E-state index contributed by atoms with van der Waals surface area (Å²) in [6, 6.07) is 14.4. The van der Waals surface area contributed by atoms with Crippen LogP contribution < -0.4 is 14.4 Å². The van der Waals surface area contributed by atoms with Crippen molar-refractivity contribution in [3.63, 3.8) is 0 Å². The third kappa shape index (κ3) is 6.21. The van der Waals surface area contributed by atoms with Crippen LogP contribution in [-0.4, -0.2) is 48.9 Å². The maximum atomic E-state index is 13.3. The van der Waals surface area contributed by atoms with Crippen LogP contribution in [0.4, 0.5) is 5.69 Å². The molecule has 0 aromatic heterocycles. The van der Waals surface area contributed by atoms with Crippen LogP contribution in [0.5, 0.6) is 11.5 Å². The predicted molar refractivity (Wildman–Crippen MR) is 119 cm³/mol. The second-order valence-corrected chi connectivity index (χ2v) is 7.47. The summed E-state index contributed by atoms with van der Waals surface area (Å²) < 4.78 is 16.7. The molecule has 0 aliphatic rings. The van der Waals surface area contributed by atoms with Crippen LogP contribution in [0.25, 0.3) is 0 Å². The second kappa shape index (κ2) is 10.8. The van der Waals surface area contributed by atoms with Crippen LogP contribution >= 0.6 is 0 Å². The summed E-state index contributed by atoms with van der Waals surface area (Å²) in [4.78, 5) is 26.1. The molecular formula is C24H31NO6. The summed E-state index contributed by atoms with van der Waals surface area (Å²) in [5.41, 5.74) is 0.363. The molecule has 2 aromatic carbocycles. The quantitative estimate of drug-likeness (QED) is 0.582. The molecular weight excluding hydrogens is 398 g/mol.